The molecular formula is C54H84O6S. The smallest absolute Gasteiger partial charge is 0.338 e. The Hall–Kier alpha value is -3.32. The Balaban J connectivity index is 1.32. The van der Waals surface area contributed by atoms with Gasteiger partial charge in [-0.05, 0) is 97.9 Å². The van der Waals surface area contributed by atoms with Gasteiger partial charge in [-0.1, -0.05) is 173 Å². The highest BCUT2D eigenvalue weighted by Gasteiger charge is 2.14. The molecule has 0 bridgehead atoms. The van der Waals surface area contributed by atoms with Gasteiger partial charge in [-0.3, -0.25) is 0 Å². The molecule has 6 nitrogen and oxygen atoms in total. The summed E-state index contributed by atoms with van der Waals surface area (Å²) >= 11 is 4.29. The van der Waals surface area contributed by atoms with Crippen LogP contribution in [0.15, 0.2) is 66.7 Å². The zero-order valence-electron chi connectivity index (χ0n) is 38.6. The summed E-state index contributed by atoms with van der Waals surface area (Å²) in [6.45, 7) is 7.45. The Morgan fingerprint density at radius 1 is 0.393 bits per heavy atom. The molecule has 0 spiro atoms. The van der Waals surface area contributed by atoms with Crippen molar-refractivity contribution in [2.24, 2.45) is 0 Å². The molecule has 0 radical (unpaired) electrons. The number of ether oxygens (including phenoxy) is 5. The van der Waals surface area contributed by atoms with Gasteiger partial charge in [-0.15, -0.1) is 0 Å². The number of benzene rings is 3. The van der Waals surface area contributed by atoms with E-state index in [0.29, 0.717) is 43.5 Å². The first-order valence-electron chi connectivity index (χ1n) is 24.8. The molecule has 0 aliphatic carbocycles. The molecule has 3 rings (SSSR count). The predicted molar refractivity (Wildman–Crippen MR) is 260 cm³/mol. The fraction of sp³-hybridized carbons (Fsp3) is 0.648. The molecule has 7 heteroatoms. The highest BCUT2D eigenvalue weighted by Crippen LogP contribution is 2.30. The van der Waals surface area contributed by atoms with Crippen LogP contribution < -0.4 is 18.9 Å². The van der Waals surface area contributed by atoms with Gasteiger partial charge < -0.3 is 23.7 Å². The van der Waals surface area contributed by atoms with Crippen molar-refractivity contribution < 1.29 is 28.5 Å². The number of unbranched alkanes of at least 4 members (excludes halogenated alkanes) is 23. The van der Waals surface area contributed by atoms with E-state index in [9.17, 15) is 4.79 Å². The summed E-state index contributed by atoms with van der Waals surface area (Å²) in [5.41, 5.74) is 2.78. The highest BCUT2D eigenvalue weighted by atomic mass is 32.1. The molecule has 342 valence electrons. The van der Waals surface area contributed by atoms with Crippen LogP contribution in [-0.4, -0.2) is 44.8 Å². The van der Waals surface area contributed by atoms with Gasteiger partial charge in [-0.2, -0.15) is 12.6 Å². The number of rotatable bonds is 40. The molecule has 0 aliphatic heterocycles. The van der Waals surface area contributed by atoms with E-state index in [-0.39, 0.29) is 5.97 Å². The lowest BCUT2D eigenvalue weighted by Crippen LogP contribution is -2.09. The minimum absolute atomic E-state index is 0.337. The molecule has 3 aromatic carbocycles. The maximum absolute atomic E-state index is 13.1. The summed E-state index contributed by atoms with van der Waals surface area (Å²) in [4.78, 5) is 13.1. The summed E-state index contributed by atoms with van der Waals surface area (Å²) in [7, 11) is 0. The summed E-state index contributed by atoms with van der Waals surface area (Å²) in [5, 5.41) is 0. The van der Waals surface area contributed by atoms with E-state index in [2.05, 4.69) is 62.9 Å². The van der Waals surface area contributed by atoms with Gasteiger partial charge in [0.2, 0.25) is 0 Å². The van der Waals surface area contributed by atoms with E-state index in [1.165, 1.54) is 135 Å². The van der Waals surface area contributed by atoms with Crippen LogP contribution in [0.1, 0.15) is 198 Å². The Morgan fingerprint density at radius 2 is 0.754 bits per heavy atom. The molecule has 0 fully saturated rings. The molecule has 0 heterocycles. The van der Waals surface area contributed by atoms with Crippen molar-refractivity contribution in [2.45, 2.75) is 187 Å². The first-order chi connectivity index (χ1) is 30.1. The molecule has 0 atom stereocenters. The van der Waals surface area contributed by atoms with Crippen LogP contribution in [0, 0.1) is 0 Å². The molecule has 0 amide bonds. The summed E-state index contributed by atoms with van der Waals surface area (Å²) < 4.78 is 30.1. The highest BCUT2D eigenvalue weighted by molar-refractivity contribution is 7.80. The lowest BCUT2D eigenvalue weighted by Gasteiger charge is -2.14. The quantitative estimate of drug-likeness (QED) is 0.0349. The molecule has 3 aromatic rings. The second-order valence-corrected chi connectivity index (χ2v) is 17.2. The van der Waals surface area contributed by atoms with Gasteiger partial charge >= 0.3 is 5.97 Å². The lowest BCUT2D eigenvalue weighted by molar-refractivity contribution is 0.0493. The normalized spacial score (nSPS) is 11.1. The summed E-state index contributed by atoms with van der Waals surface area (Å²) in [5.74, 6) is 3.78. The second-order valence-electron chi connectivity index (χ2n) is 16.8. The molecule has 0 aromatic heterocycles. The Labute approximate surface area is 378 Å². The second kappa shape index (κ2) is 36.2. The largest absolute Gasteiger partial charge is 0.494 e. The van der Waals surface area contributed by atoms with Crippen molar-refractivity contribution in [2.75, 3.05) is 38.8 Å². The number of hydrogen-bond donors (Lipinski definition) is 1. The Morgan fingerprint density at radius 3 is 1.20 bits per heavy atom. The predicted octanol–water partition coefficient (Wildman–Crippen LogP) is 16.2. The van der Waals surface area contributed by atoms with Crippen LogP contribution in [0.3, 0.4) is 0 Å². The maximum Gasteiger partial charge on any atom is 0.338 e. The zero-order valence-corrected chi connectivity index (χ0v) is 39.5. The van der Waals surface area contributed by atoms with Crippen molar-refractivity contribution in [1.29, 1.82) is 0 Å². The minimum atomic E-state index is -0.338. The molecular weight excluding hydrogens is 777 g/mol. The summed E-state index contributed by atoms with van der Waals surface area (Å²) in [6.07, 6.45) is 33.1. The third-order valence-electron chi connectivity index (χ3n) is 11.3. The fourth-order valence-corrected chi connectivity index (χ4v) is 7.70. The lowest BCUT2D eigenvalue weighted by atomic mass is 10.1. The van der Waals surface area contributed by atoms with Crippen LogP contribution in [0.4, 0.5) is 0 Å². The van der Waals surface area contributed by atoms with Crippen LogP contribution in [0.5, 0.6) is 23.0 Å². The van der Waals surface area contributed by atoms with E-state index in [0.717, 1.165) is 73.5 Å². The maximum atomic E-state index is 13.1. The standard InChI is InChI=1S/C54H84O6S/c1-3-5-7-9-11-16-21-25-42-58-52-39-34-49(46-53(52)59-43-26-22-17-12-10-8-6-4-2)54(55)60-44-28-27-41-57-51-37-32-48(33-38-51)47-30-35-50(36-31-47)56-40-24-20-18-14-13-15-19-23-29-45-61/h30-39,46,61H,3-29,40-45H2,1-2H3. The van der Waals surface area contributed by atoms with Crippen molar-refractivity contribution in [3.05, 3.63) is 72.3 Å². The van der Waals surface area contributed by atoms with Gasteiger partial charge in [0.15, 0.2) is 11.5 Å². The first kappa shape index (κ1) is 52.0. The number of thiol groups is 1. The SMILES string of the molecule is CCCCCCCCCCOc1ccc(C(=O)OCCCCOc2ccc(-c3ccc(OCCCCCCCCCCCS)cc3)cc2)cc1OCCCCCCCCCC. The van der Waals surface area contributed by atoms with Gasteiger partial charge in [0.25, 0.3) is 0 Å². The van der Waals surface area contributed by atoms with Crippen LogP contribution in [-0.2, 0) is 4.74 Å². The fourth-order valence-electron chi connectivity index (χ4n) is 7.47. The number of esters is 1. The Kier molecular flexibility index (Phi) is 30.9. The third kappa shape index (κ3) is 25.4. The van der Waals surface area contributed by atoms with E-state index in [1.54, 1.807) is 12.1 Å². The zero-order chi connectivity index (χ0) is 43.3. The van der Waals surface area contributed by atoms with E-state index >= 15 is 0 Å². The average molecular weight is 861 g/mol. The van der Waals surface area contributed by atoms with E-state index in [1.807, 2.05) is 18.2 Å². The molecule has 0 N–H and O–H groups in total. The van der Waals surface area contributed by atoms with Crippen molar-refractivity contribution in [3.8, 4) is 34.1 Å². The Bertz CT molecular complexity index is 1480. The molecule has 0 saturated heterocycles. The molecule has 61 heavy (non-hydrogen) atoms. The van der Waals surface area contributed by atoms with Crippen LogP contribution in [0.25, 0.3) is 11.1 Å². The average Bonchev–Trinajstić information content (AvgIpc) is 3.29. The van der Waals surface area contributed by atoms with E-state index in [4.69, 9.17) is 23.7 Å². The summed E-state index contributed by atoms with van der Waals surface area (Å²) in [6, 6.07) is 22.0. The van der Waals surface area contributed by atoms with Crippen molar-refractivity contribution in [1.82, 2.24) is 0 Å². The minimum Gasteiger partial charge on any atom is -0.494 e. The van der Waals surface area contributed by atoms with Gasteiger partial charge in [-0.25, -0.2) is 4.79 Å². The van der Waals surface area contributed by atoms with Crippen molar-refractivity contribution >= 4 is 18.6 Å². The van der Waals surface area contributed by atoms with E-state index < -0.39 is 0 Å². The number of carbonyl (C=O) groups is 1. The van der Waals surface area contributed by atoms with Crippen LogP contribution >= 0.6 is 12.6 Å². The molecule has 0 aliphatic rings. The topological polar surface area (TPSA) is 63.2 Å². The van der Waals surface area contributed by atoms with Crippen LogP contribution in [0.2, 0.25) is 0 Å². The molecule has 0 unspecified atom stereocenters. The third-order valence-corrected chi connectivity index (χ3v) is 11.7. The van der Waals surface area contributed by atoms with Gasteiger partial charge in [0.05, 0.1) is 38.6 Å². The van der Waals surface area contributed by atoms with Gasteiger partial charge in [0.1, 0.15) is 11.5 Å². The molecule has 0 saturated carbocycles. The van der Waals surface area contributed by atoms with Gasteiger partial charge in [0, 0.05) is 0 Å². The number of hydrogen-bond acceptors (Lipinski definition) is 7. The monoisotopic (exact) mass is 861 g/mol. The first-order valence-corrected chi connectivity index (χ1v) is 25.4. The number of carbonyl (C=O) groups excluding carboxylic acids is 1. The van der Waals surface area contributed by atoms with Crippen molar-refractivity contribution in [3.63, 3.8) is 0 Å².